The largest absolute Gasteiger partial charge is 0.324 e. The van der Waals surface area contributed by atoms with Crippen molar-refractivity contribution < 1.29 is 9.59 Å². The van der Waals surface area contributed by atoms with Crippen LogP contribution in [-0.2, 0) is 4.79 Å². The Morgan fingerprint density at radius 3 is 2.07 bits per heavy atom. The quantitative estimate of drug-likeness (QED) is 0.579. The van der Waals surface area contributed by atoms with Gasteiger partial charge in [-0.25, -0.2) is 0 Å². The number of nitrogens with one attached hydrogen (secondary N) is 2. The Balaban J connectivity index is 1.71. The number of rotatable bonds is 5. The predicted octanol–water partition coefficient (Wildman–Crippen LogP) is 5.26. The molecule has 3 aromatic rings. The van der Waals surface area contributed by atoms with E-state index in [0.29, 0.717) is 21.4 Å². The summed E-state index contributed by atoms with van der Waals surface area (Å²) in [5, 5.41) is 11.0. The topological polar surface area (TPSA) is 76.0 Å². The van der Waals surface area contributed by atoms with Crippen LogP contribution in [0.2, 0.25) is 10.0 Å². The van der Waals surface area contributed by atoms with Crippen molar-refractivity contribution in [3.8, 4) is 0 Å². The molecule has 0 radical (unpaired) electrons. The van der Waals surface area contributed by atoms with Gasteiger partial charge >= 0.3 is 0 Å². The number of anilines is 2. The summed E-state index contributed by atoms with van der Waals surface area (Å²) >= 11 is 12.2. The van der Waals surface area contributed by atoms with Crippen LogP contribution >= 0.6 is 23.2 Å². The second-order valence-corrected chi connectivity index (χ2v) is 7.44. The Kier molecular flexibility index (Phi) is 6.25. The molecular formula is C21H20Cl2N4O2. The van der Waals surface area contributed by atoms with E-state index in [9.17, 15) is 9.59 Å². The first-order valence-corrected chi connectivity index (χ1v) is 9.71. The number of aromatic nitrogens is 2. The summed E-state index contributed by atoms with van der Waals surface area (Å²) in [5.74, 6) is -0.650. The van der Waals surface area contributed by atoms with Crippen LogP contribution in [0.25, 0.3) is 0 Å². The molecule has 0 aliphatic heterocycles. The lowest BCUT2D eigenvalue weighted by Crippen LogP contribution is -2.25. The van der Waals surface area contributed by atoms with E-state index in [2.05, 4.69) is 15.7 Å². The van der Waals surface area contributed by atoms with Crippen molar-refractivity contribution in [2.75, 3.05) is 10.6 Å². The molecule has 150 valence electrons. The molecule has 2 amide bonds. The van der Waals surface area contributed by atoms with Crippen molar-refractivity contribution in [3.05, 3.63) is 75.5 Å². The number of amides is 2. The summed E-state index contributed by atoms with van der Waals surface area (Å²) < 4.78 is 1.44. The van der Waals surface area contributed by atoms with E-state index >= 15 is 0 Å². The first-order chi connectivity index (χ1) is 13.8. The third kappa shape index (κ3) is 4.60. The van der Waals surface area contributed by atoms with Crippen LogP contribution < -0.4 is 10.6 Å². The lowest BCUT2D eigenvalue weighted by Gasteiger charge is -2.14. The smallest absolute Gasteiger partial charge is 0.276 e. The number of carbonyl (C=O) groups is 2. The number of hydrogen-bond donors (Lipinski definition) is 2. The molecule has 1 aromatic heterocycles. The number of nitrogens with zero attached hydrogens (tertiary/aromatic N) is 2. The fraction of sp³-hybridized carbons (Fsp3) is 0.190. The van der Waals surface area contributed by atoms with Gasteiger partial charge in [0.05, 0.1) is 0 Å². The van der Waals surface area contributed by atoms with Crippen LogP contribution in [0.15, 0.2) is 48.7 Å². The molecule has 0 bridgehead atoms. The molecule has 8 heteroatoms. The van der Waals surface area contributed by atoms with Crippen molar-refractivity contribution >= 4 is 46.4 Å². The van der Waals surface area contributed by atoms with Crippen molar-refractivity contribution in [2.24, 2.45) is 0 Å². The molecule has 29 heavy (non-hydrogen) atoms. The van der Waals surface area contributed by atoms with Gasteiger partial charge in [0.2, 0.25) is 5.91 Å². The van der Waals surface area contributed by atoms with Crippen LogP contribution in [0.4, 0.5) is 11.4 Å². The maximum Gasteiger partial charge on any atom is 0.276 e. The summed E-state index contributed by atoms with van der Waals surface area (Å²) in [6.07, 6.45) is 1.59. The SMILES string of the molecule is Cc1c(Cl)cccc1NC(=O)c1ccn([C@H](C)C(=O)Nc2cccc(Cl)c2C)n1. The molecule has 3 rings (SSSR count). The van der Waals surface area contributed by atoms with Gasteiger partial charge in [0, 0.05) is 27.6 Å². The molecular weight excluding hydrogens is 411 g/mol. The van der Waals surface area contributed by atoms with Crippen molar-refractivity contribution in [1.82, 2.24) is 9.78 Å². The highest BCUT2D eigenvalue weighted by molar-refractivity contribution is 6.32. The number of hydrogen-bond acceptors (Lipinski definition) is 3. The first kappa shape index (κ1) is 20.9. The van der Waals surface area contributed by atoms with Gasteiger partial charge in [0.15, 0.2) is 5.69 Å². The molecule has 0 saturated heterocycles. The van der Waals surface area contributed by atoms with E-state index in [1.807, 2.05) is 13.8 Å². The maximum atomic E-state index is 12.6. The minimum absolute atomic E-state index is 0.197. The monoisotopic (exact) mass is 430 g/mol. The van der Waals surface area contributed by atoms with Crippen molar-refractivity contribution in [1.29, 1.82) is 0 Å². The molecule has 0 unspecified atom stereocenters. The molecule has 0 aliphatic carbocycles. The Bertz CT molecular complexity index is 1080. The zero-order valence-corrected chi connectivity index (χ0v) is 17.7. The van der Waals surface area contributed by atoms with E-state index in [1.165, 1.54) is 4.68 Å². The molecule has 1 heterocycles. The van der Waals surface area contributed by atoms with Crippen molar-refractivity contribution in [2.45, 2.75) is 26.8 Å². The minimum atomic E-state index is -0.622. The van der Waals surface area contributed by atoms with Crippen LogP contribution in [0.5, 0.6) is 0 Å². The molecule has 1 atom stereocenters. The van der Waals surface area contributed by atoms with Gasteiger partial charge in [-0.05, 0) is 62.2 Å². The zero-order chi connectivity index (χ0) is 21.1. The average molecular weight is 431 g/mol. The summed E-state index contributed by atoms with van der Waals surface area (Å²) in [7, 11) is 0. The van der Waals surface area contributed by atoms with Gasteiger partial charge < -0.3 is 10.6 Å². The molecule has 0 saturated carbocycles. The summed E-state index contributed by atoms with van der Waals surface area (Å²) in [4.78, 5) is 25.1. The highest BCUT2D eigenvalue weighted by Crippen LogP contribution is 2.25. The molecule has 0 aliphatic rings. The number of carbonyl (C=O) groups excluding carboxylic acids is 2. The van der Waals surface area contributed by atoms with E-state index in [0.717, 1.165) is 11.1 Å². The minimum Gasteiger partial charge on any atom is -0.324 e. The zero-order valence-electron chi connectivity index (χ0n) is 16.2. The summed E-state index contributed by atoms with van der Waals surface area (Å²) in [6.45, 7) is 5.35. The maximum absolute atomic E-state index is 12.6. The Hall–Kier alpha value is -2.83. The van der Waals surface area contributed by atoms with Crippen LogP contribution in [0.3, 0.4) is 0 Å². The van der Waals surface area contributed by atoms with E-state index in [1.54, 1.807) is 55.6 Å². The van der Waals surface area contributed by atoms with E-state index in [4.69, 9.17) is 23.2 Å². The van der Waals surface area contributed by atoms with Gasteiger partial charge in [0.1, 0.15) is 6.04 Å². The highest BCUT2D eigenvalue weighted by Gasteiger charge is 2.19. The fourth-order valence-corrected chi connectivity index (χ4v) is 3.05. The second kappa shape index (κ2) is 8.68. The number of halogens is 2. The molecule has 2 aromatic carbocycles. The van der Waals surface area contributed by atoms with Crippen LogP contribution in [-0.4, -0.2) is 21.6 Å². The standard InChI is InChI=1S/C21H20Cl2N4O2/c1-12-15(22)6-4-8-17(12)24-20(28)14(3)27-11-10-19(26-27)21(29)25-18-9-5-7-16(23)13(18)2/h4-11,14H,1-3H3,(H,24,28)(H,25,29)/t14-/m1/s1. The fourth-order valence-electron chi connectivity index (χ4n) is 2.70. The number of benzene rings is 2. The lowest BCUT2D eigenvalue weighted by atomic mass is 10.2. The van der Waals surface area contributed by atoms with Crippen LogP contribution in [0, 0.1) is 13.8 Å². The summed E-state index contributed by atoms with van der Waals surface area (Å²) in [5.41, 5.74) is 3.00. The average Bonchev–Trinajstić information content (AvgIpc) is 3.18. The van der Waals surface area contributed by atoms with Gasteiger partial charge in [-0.1, -0.05) is 35.3 Å². The first-order valence-electron chi connectivity index (χ1n) is 8.95. The third-order valence-electron chi connectivity index (χ3n) is 4.66. The van der Waals surface area contributed by atoms with E-state index in [-0.39, 0.29) is 17.5 Å². The second-order valence-electron chi connectivity index (χ2n) is 6.63. The van der Waals surface area contributed by atoms with Gasteiger partial charge in [0.25, 0.3) is 5.91 Å². The third-order valence-corrected chi connectivity index (χ3v) is 5.48. The molecule has 0 spiro atoms. The molecule has 6 nitrogen and oxygen atoms in total. The van der Waals surface area contributed by atoms with Gasteiger partial charge in [-0.2, -0.15) is 5.10 Å². The molecule has 2 N–H and O–H groups in total. The predicted molar refractivity (Wildman–Crippen MR) is 116 cm³/mol. The van der Waals surface area contributed by atoms with E-state index < -0.39 is 6.04 Å². The molecule has 0 fully saturated rings. The van der Waals surface area contributed by atoms with Crippen molar-refractivity contribution in [3.63, 3.8) is 0 Å². The lowest BCUT2D eigenvalue weighted by molar-refractivity contribution is -0.119. The Morgan fingerprint density at radius 1 is 0.931 bits per heavy atom. The van der Waals surface area contributed by atoms with Gasteiger partial charge in [-0.3, -0.25) is 14.3 Å². The summed E-state index contributed by atoms with van der Waals surface area (Å²) in [6, 6.07) is 11.5. The Labute approximate surface area is 178 Å². The normalized spacial score (nSPS) is 11.8. The highest BCUT2D eigenvalue weighted by atomic mass is 35.5. The van der Waals surface area contributed by atoms with Crippen LogP contribution in [0.1, 0.15) is 34.6 Å². The Morgan fingerprint density at radius 2 is 1.48 bits per heavy atom. The van der Waals surface area contributed by atoms with Gasteiger partial charge in [-0.15, -0.1) is 0 Å².